The van der Waals surface area contributed by atoms with Crippen LogP contribution in [0, 0.1) is 6.92 Å². The second-order valence-electron chi connectivity index (χ2n) is 6.02. The average molecular weight is 395 g/mol. The van der Waals surface area contributed by atoms with Crippen molar-refractivity contribution in [2.45, 2.75) is 23.1 Å². The monoisotopic (exact) mass is 394 g/mol. The van der Waals surface area contributed by atoms with Crippen molar-refractivity contribution in [2.24, 2.45) is 12.8 Å². The van der Waals surface area contributed by atoms with Gasteiger partial charge in [-0.15, -0.1) is 12.4 Å². The van der Waals surface area contributed by atoms with E-state index in [1.54, 1.807) is 30.3 Å². The van der Waals surface area contributed by atoms with Crippen molar-refractivity contribution in [3.8, 4) is 5.75 Å². The van der Waals surface area contributed by atoms with Gasteiger partial charge >= 0.3 is 0 Å². The molecule has 2 N–H and O–H groups in total. The molecular weight excluding hydrogens is 372 g/mol. The Bertz CT molecular complexity index is 1040. The first-order valence-corrected chi connectivity index (χ1v) is 9.55. The number of halogens is 1. The van der Waals surface area contributed by atoms with Gasteiger partial charge in [-0.25, -0.2) is 8.42 Å². The Morgan fingerprint density at radius 3 is 2.46 bits per heavy atom. The van der Waals surface area contributed by atoms with Crippen LogP contribution in [0.4, 0.5) is 0 Å². The maximum Gasteiger partial charge on any atom is 0.206 e. The highest BCUT2D eigenvalue weighted by molar-refractivity contribution is 7.91. The van der Waals surface area contributed by atoms with Crippen LogP contribution < -0.4 is 10.5 Å². The lowest BCUT2D eigenvalue weighted by molar-refractivity contribution is 0.413. The molecule has 140 valence electrons. The zero-order valence-corrected chi connectivity index (χ0v) is 16.7. The van der Waals surface area contributed by atoms with E-state index in [1.165, 1.54) is 13.2 Å². The number of hydrogen-bond acceptors (Lipinski definition) is 4. The number of methoxy groups -OCH3 is 1. The van der Waals surface area contributed by atoms with Crippen molar-refractivity contribution >= 4 is 33.1 Å². The molecule has 7 heteroatoms. The average Bonchev–Trinajstić information content (AvgIpc) is 2.86. The Labute approximate surface area is 160 Å². The lowest BCUT2D eigenvalue weighted by atomic mass is 10.1. The van der Waals surface area contributed by atoms with E-state index < -0.39 is 9.84 Å². The number of aromatic nitrogens is 1. The van der Waals surface area contributed by atoms with Crippen LogP contribution in [-0.2, 0) is 23.3 Å². The predicted octanol–water partition coefficient (Wildman–Crippen LogP) is 3.25. The van der Waals surface area contributed by atoms with Gasteiger partial charge in [0, 0.05) is 23.6 Å². The molecule has 3 aromatic rings. The fraction of sp³-hybridized carbons (Fsp3) is 0.263. The number of nitrogens with two attached hydrogens (primary N) is 1. The maximum absolute atomic E-state index is 13.0. The minimum Gasteiger partial charge on any atom is -0.497 e. The third kappa shape index (κ3) is 3.32. The van der Waals surface area contributed by atoms with Crippen LogP contribution in [-0.4, -0.2) is 26.6 Å². The molecule has 0 amide bonds. The van der Waals surface area contributed by atoms with Crippen molar-refractivity contribution in [3.63, 3.8) is 0 Å². The molecule has 0 bridgehead atoms. The van der Waals surface area contributed by atoms with Crippen LogP contribution in [0.3, 0.4) is 0 Å². The highest BCUT2D eigenvalue weighted by Gasteiger charge is 2.21. The van der Waals surface area contributed by atoms with Crippen LogP contribution in [0.5, 0.6) is 5.75 Å². The largest absolute Gasteiger partial charge is 0.497 e. The molecule has 26 heavy (non-hydrogen) atoms. The van der Waals surface area contributed by atoms with Gasteiger partial charge in [0.05, 0.1) is 16.9 Å². The number of aryl methyl sites for hydroxylation is 1. The van der Waals surface area contributed by atoms with Gasteiger partial charge in [0.15, 0.2) is 0 Å². The van der Waals surface area contributed by atoms with Gasteiger partial charge in [0.1, 0.15) is 5.75 Å². The first kappa shape index (κ1) is 20.3. The molecule has 3 rings (SSSR count). The lowest BCUT2D eigenvalue weighted by Crippen LogP contribution is -2.04. The molecule has 0 aliphatic carbocycles. The van der Waals surface area contributed by atoms with Crippen LogP contribution >= 0.6 is 12.4 Å². The maximum atomic E-state index is 13.0. The van der Waals surface area contributed by atoms with Gasteiger partial charge in [-0.05, 0) is 61.9 Å². The van der Waals surface area contributed by atoms with Gasteiger partial charge in [0.25, 0.3) is 0 Å². The SMILES string of the molecule is COc1cccc(S(=O)(=O)c2ccc3c(c2)c(CCN)c(C)n3C)c1.Cl. The van der Waals surface area contributed by atoms with Crippen LogP contribution in [0.2, 0.25) is 0 Å². The van der Waals surface area contributed by atoms with Crippen LogP contribution in [0.15, 0.2) is 52.3 Å². The summed E-state index contributed by atoms with van der Waals surface area (Å²) in [4.78, 5) is 0.497. The summed E-state index contributed by atoms with van der Waals surface area (Å²) in [6, 6.07) is 11.8. The summed E-state index contributed by atoms with van der Waals surface area (Å²) < 4.78 is 33.3. The van der Waals surface area contributed by atoms with Crippen LogP contribution in [0.25, 0.3) is 10.9 Å². The number of benzene rings is 2. The third-order valence-corrected chi connectivity index (χ3v) is 6.40. The molecule has 1 aromatic heterocycles. The van der Waals surface area contributed by atoms with Crippen molar-refractivity contribution in [2.75, 3.05) is 13.7 Å². The zero-order chi connectivity index (χ0) is 18.2. The molecule has 0 aliphatic heterocycles. The van der Waals surface area contributed by atoms with E-state index >= 15 is 0 Å². The van der Waals surface area contributed by atoms with E-state index in [4.69, 9.17) is 10.5 Å². The summed E-state index contributed by atoms with van der Waals surface area (Å²) in [5, 5.41) is 0.939. The molecular formula is C19H23ClN2O3S. The topological polar surface area (TPSA) is 74.3 Å². The second-order valence-corrected chi connectivity index (χ2v) is 7.97. The normalized spacial score (nSPS) is 11.4. The van der Waals surface area contributed by atoms with E-state index in [9.17, 15) is 8.42 Å². The fourth-order valence-corrected chi connectivity index (χ4v) is 4.48. The number of sulfone groups is 1. The minimum atomic E-state index is -3.62. The standard InChI is InChI=1S/C19H22N2O3S.ClH/c1-13-17(9-10-20)18-12-16(7-8-19(18)21(13)2)25(22,23)15-6-4-5-14(11-15)24-3;/h4-8,11-12H,9-10,20H2,1-3H3;1H. The summed E-state index contributed by atoms with van der Waals surface area (Å²) in [5.41, 5.74) is 8.95. The van der Waals surface area contributed by atoms with Gasteiger partial charge in [-0.1, -0.05) is 6.07 Å². The van der Waals surface area contributed by atoms with Crippen molar-refractivity contribution < 1.29 is 13.2 Å². The Hall–Kier alpha value is -2.02. The molecule has 5 nitrogen and oxygen atoms in total. The first-order valence-electron chi connectivity index (χ1n) is 8.07. The van der Waals surface area contributed by atoms with E-state index in [2.05, 4.69) is 4.57 Å². The highest BCUT2D eigenvalue weighted by Crippen LogP contribution is 2.31. The molecule has 0 atom stereocenters. The van der Waals surface area contributed by atoms with E-state index in [-0.39, 0.29) is 22.2 Å². The second kappa shape index (κ2) is 7.70. The predicted molar refractivity (Wildman–Crippen MR) is 106 cm³/mol. The Morgan fingerprint density at radius 1 is 1.12 bits per heavy atom. The van der Waals surface area contributed by atoms with Gasteiger partial charge in [-0.2, -0.15) is 0 Å². The Kier molecular flexibility index (Phi) is 6.01. The Balaban J connectivity index is 0.00000243. The molecule has 0 fully saturated rings. The molecule has 0 saturated carbocycles. The Morgan fingerprint density at radius 2 is 1.81 bits per heavy atom. The molecule has 0 radical (unpaired) electrons. The number of hydrogen-bond donors (Lipinski definition) is 1. The number of nitrogens with zero attached hydrogens (tertiary/aromatic N) is 1. The molecule has 1 heterocycles. The smallest absolute Gasteiger partial charge is 0.206 e. The van der Waals surface area contributed by atoms with Crippen LogP contribution in [0.1, 0.15) is 11.3 Å². The number of ether oxygens (including phenoxy) is 1. The molecule has 0 unspecified atom stereocenters. The number of rotatable bonds is 5. The van der Waals surface area contributed by atoms with E-state index in [0.717, 1.165) is 22.2 Å². The van der Waals surface area contributed by atoms with E-state index in [0.29, 0.717) is 18.7 Å². The third-order valence-electron chi connectivity index (χ3n) is 4.65. The number of fused-ring (bicyclic) bond motifs is 1. The van der Waals surface area contributed by atoms with Crippen molar-refractivity contribution in [1.29, 1.82) is 0 Å². The fourth-order valence-electron chi connectivity index (χ4n) is 3.16. The summed E-state index contributed by atoms with van der Waals surface area (Å²) >= 11 is 0. The van der Waals surface area contributed by atoms with Crippen molar-refractivity contribution in [1.82, 2.24) is 4.57 Å². The van der Waals surface area contributed by atoms with Crippen molar-refractivity contribution in [3.05, 3.63) is 53.7 Å². The quantitative estimate of drug-likeness (QED) is 0.720. The zero-order valence-electron chi connectivity index (χ0n) is 15.0. The molecule has 0 aliphatic rings. The summed E-state index contributed by atoms with van der Waals surface area (Å²) in [6.45, 7) is 2.55. The molecule has 0 spiro atoms. The van der Waals surface area contributed by atoms with Gasteiger partial charge in [-0.3, -0.25) is 0 Å². The van der Waals surface area contributed by atoms with Gasteiger partial charge < -0.3 is 15.0 Å². The molecule has 0 saturated heterocycles. The summed E-state index contributed by atoms with van der Waals surface area (Å²) in [5.74, 6) is 0.515. The minimum absolute atomic E-state index is 0. The summed E-state index contributed by atoms with van der Waals surface area (Å²) in [7, 11) is -0.121. The molecule has 2 aromatic carbocycles. The summed E-state index contributed by atoms with van der Waals surface area (Å²) in [6.07, 6.45) is 0.714. The van der Waals surface area contributed by atoms with E-state index in [1.807, 2.05) is 20.0 Å². The highest BCUT2D eigenvalue weighted by atomic mass is 35.5. The first-order chi connectivity index (χ1) is 11.9. The van der Waals surface area contributed by atoms with Gasteiger partial charge in [0.2, 0.25) is 9.84 Å². The lowest BCUT2D eigenvalue weighted by Gasteiger charge is -2.07.